The molecule has 0 aromatic heterocycles. The lowest BCUT2D eigenvalue weighted by atomic mass is 9.94. The molecule has 0 amide bonds. The first-order valence-electron chi connectivity index (χ1n) is 10.7. The van der Waals surface area contributed by atoms with Crippen LogP contribution in [0.25, 0.3) is 0 Å². The van der Waals surface area contributed by atoms with Gasteiger partial charge in [-0.1, -0.05) is 36.4 Å². The van der Waals surface area contributed by atoms with Gasteiger partial charge in [-0.3, -0.25) is 5.43 Å². The molecule has 0 spiro atoms. The number of ether oxygens (including phenoxy) is 2. The van der Waals surface area contributed by atoms with Gasteiger partial charge in [-0.05, 0) is 42.1 Å². The van der Waals surface area contributed by atoms with Crippen molar-refractivity contribution in [1.29, 1.82) is 0 Å². The predicted octanol–water partition coefficient (Wildman–Crippen LogP) is 2.26. The van der Waals surface area contributed by atoms with Crippen LogP contribution in [0.15, 0.2) is 48.5 Å². The Morgan fingerprint density at radius 3 is 2.86 bits per heavy atom. The molecule has 3 atom stereocenters. The summed E-state index contributed by atoms with van der Waals surface area (Å²) in [6.07, 6.45) is 1.27. The largest absolute Gasteiger partial charge is 0.454 e. The fraction of sp³-hybridized carbons (Fsp3) is 0.478. The van der Waals surface area contributed by atoms with Crippen LogP contribution >= 0.6 is 0 Å². The van der Waals surface area contributed by atoms with Gasteiger partial charge in [0.1, 0.15) is 0 Å². The Kier molecular flexibility index (Phi) is 5.67. The van der Waals surface area contributed by atoms with Crippen molar-refractivity contribution >= 4 is 0 Å². The number of nitrogens with zero attached hydrogens (tertiary/aromatic N) is 1. The summed E-state index contributed by atoms with van der Waals surface area (Å²) in [5, 5.41) is 3.68. The summed E-state index contributed by atoms with van der Waals surface area (Å²) < 4.78 is 11.0. The van der Waals surface area contributed by atoms with E-state index in [9.17, 15) is 0 Å². The Balaban J connectivity index is 1.08. The third-order valence-corrected chi connectivity index (χ3v) is 6.40. The molecule has 2 aromatic rings. The molecule has 3 N–H and O–H groups in total. The van der Waals surface area contributed by atoms with Crippen LogP contribution in [0.4, 0.5) is 0 Å². The molecule has 3 aliphatic heterocycles. The van der Waals surface area contributed by atoms with Crippen molar-refractivity contribution in [2.45, 2.75) is 18.4 Å². The molecule has 0 aliphatic carbocycles. The summed E-state index contributed by atoms with van der Waals surface area (Å²) in [5.74, 6) is 2.89. The smallest absolute Gasteiger partial charge is 0.231 e. The predicted molar refractivity (Wildman–Crippen MR) is 113 cm³/mol. The minimum Gasteiger partial charge on any atom is -0.454 e. The molecular weight excluding hydrogens is 364 g/mol. The molecule has 2 saturated heterocycles. The number of fused-ring (bicyclic) bond motifs is 1. The summed E-state index contributed by atoms with van der Waals surface area (Å²) in [6, 6.07) is 17.5. The zero-order valence-electron chi connectivity index (χ0n) is 16.8. The van der Waals surface area contributed by atoms with Crippen molar-refractivity contribution in [3.8, 4) is 11.5 Å². The van der Waals surface area contributed by atoms with E-state index in [1.54, 1.807) is 0 Å². The molecule has 3 heterocycles. The van der Waals surface area contributed by atoms with Crippen LogP contribution in [0.3, 0.4) is 0 Å². The van der Waals surface area contributed by atoms with Crippen molar-refractivity contribution in [1.82, 2.24) is 21.1 Å². The van der Waals surface area contributed by atoms with E-state index in [1.807, 2.05) is 6.07 Å². The molecule has 5 rings (SSSR count). The van der Waals surface area contributed by atoms with E-state index in [-0.39, 0.29) is 6.04 Å². The quantitative estimate of drug-likeness (QED) is 0.627. The molecule has 2 aromatic carbocycles. The number of hydrogen-bond donors (Lipinski definition) is 3. The van der Waals surface area contributed by atoms with Crippen LogP contribution in [0, 0.1) is 5.92 Å². The maximum Gasteiger partial charge on any atom is 0.231 e. The molecule has 154 valence electrons. The van der Waals surface area contributed by atoms with Crippen LogP contribution in [0.5, 0.6) is 11.5 Å². The number of nitrogens with one attached hydrogen (secondary N) is 3. The second-order valence-electron chi connectivity index (χ2n) is 8.28. The van der Waals surface area contributed by atoms with E-state index in [4.69, 9.17) is 9.47 Å². The molecule has 3 aliphatic rings. The third-order valence-electron chi connectivity index (χ3n) is 6.40. The summed E-state index contributed by atoms with van der Waals surface area (Å²) in [7, 11) is 0. The van der Waals surface area contributed by atoms with E-state index in [0.717, 1.165) is 37.7 Å². The van der Waals surface area contributed by atoms with Crippen LogP contribution in [0.2, 0.25) is 0 Å². The summed E-state index contributed by atoms with van der Waals surface area (Å²) in [4.78, 5) is 2.59. The molecule has 6 nitrogen and oxygen atoms in total. The van der Waals surface area contributed by atoms with Gasteiger partial charge in [-0.15, -0.1) is 0 Å². The van der Waals surface area contributed by atoms with E-state index in [1.165, 1.54) is 30.6 Å². The van der Waals surface area contributed by atoms with Gasteiger partial charge in [0.25, 0.3) is 0 Å². The standard InChI is InChI=1S/C23H30N4O2/c1-2-4-17(5-3-1)19-8-10-27(15-19)11-9-24-13-20-14-25-26-23(20)18-6-7-21-22(12-18)29-16-28-21/h1-7,12,19-20,23-26H,8-11,13-16H2. The van der Waals surface area contributed by atoms with Gasteiger partial charge in [0.05, 0.1) is 6.04 Å². The van der Waals surface area contributed by atoms with Crippen LogP contribution in [0.1, 0.15) is 29.5 Å². The van der Waals surface area contributed by atoms with Crippen molar-refractivity contribution in [3.05, 3.63) is 59.7 Å². The Bertz CT molecular complexity index is 816. The molecule has 0 bridgehead atoms. The zero-order chi connectivity index (χ0) is 19.5. The van der Waals surface area contributed by atoms with E-state index in [0.29, 0.717) is 18.6 Å². The topological polar surface area (TPSA) is 57.8 Å². The number of benzene rings is 2. The third kappa shape index (κ3) is 4.26. The number of hydrogen-bond acceptors (Lipinski definition) is 6. The first-order chi connectivity index (χ1) is 14.4. The van der Waals surface area contributed by atoms with Crippen LogP contribution in [-0.2, 0) is 0 Å². The van der Waals surface area contributed by atoms with Gasteiger partial charge < -0.3 is 19.7 Å². The maximum absolute atomic E-state index is 5.54. The number of hydrazine groups is 1. The van der Waals surface area contributed by atoms with E-state index in [2.05, 4.69) is 63.5 Å². The van der Waals surface area contributed by atoms with Crippen molar-refractivity contribution in [3.63, 3.8) is 0 Å². The van der Waals surface area contributed by atoms with Crippen molar-refractivity contribution < 1.29 is 9.47 Å². The first kappa shape index (κ1) is 18.9. The average molecular weight is 395 g/mol. The van der Waals surface area contributed by atoms with E-state index >= 15 is 0 Å². The minimum absolute atomic E-state index is 0.284. The zero-order valence-corrected chi connectivity index (χ0v) is 16.8. The highest BCUT2D eigenvalue weighted by Gasteiger charge is 2.29. The highest BCUT2D eigenvalue weighted by atomic mass is 16.7. The van der Waals surface area contributed by atoms with Crippen molar-refractivity contribution in [2.24, 2.45) is 5.92 Å². The molecule has 2 fully saturated rings. The monoisotopic (exact) mass is 394 g/mol. The lowest BCUT2D eigenvalue weighted by molar-refractivity contribution is 0.174. The highest BCUT2D eigenvalue weighted by molar-refractivity contribution is 5.45. The molecule has 29 heavy (non-hydrogen) atoms. The molecule has 6 heteroatoms. The van der Waals surface area contributed by atoms with Gasteiger partial charge in [0.15, 0.2) is 11.5 Å². The van der Waals surface area contributed by atoms with Gasteiger partial charge in [0, 0.05) is 38.6 Å². The fourth-order valence-electron chi connectivity index (χ4n) is 4.75. The Labute approximate surface area is 172 Å². The normalized spacial score (nSPS) is 26.3. The average Bonchev–Trinajstić information content (AvgIpc) is 3.52. The first-order valence-corrected chi connectivity index (χ1v) is 10.7. The number of likely N-dealkylation sites (tertiary alicyclic amines) is 1. The van der Waals surface area contributed by atoms with Crippen LogP contribution in [-0.4, -0.2) is 51.0 Å². The Morgan fingerprint density at radius 2 is 1.93 bits per heavy atom. The summed E-state index contributed by atoms with van der Waals surface area (Å²) >= 11 is 0. The Hall–Kier alpha value is -2.12. The highest BCUT2D eigenvalue weighted by Crippen LogP contribution is 2.36. The maximum atomic E-state index is 5.54. The van der Waals surface area contributed by atoms with E-state index < -0.39 is 0 Å². The van der Waals surface area contributed by atoms with Gasteiger partial charge >= 0.3 is 0 Å². The number of rotatable bonds is 7. The van der Waals surface area contributed by atoms with Gasteiger partial charge in [-0.25, -0.2) is 5.43 Å². The minimum atomic E-state index is 0.284. The Morgan fingerprint density at radius 1 is 1.03 bits per heavy atom. The van der Waals surface area contributed by atoms with Crippen molar-refractivity contribution in [2.75, 3.05) is 46.1 Å². The van der Waals surface area contributed by atoms with Gasteiger partial charge in [0.2, 0.25) is 6.79 Å². The van der Waals surface area contributed by atoms with Gasteiger partial charge in [-0.2, -0.15) is 0 Å². The second-order valence-corrected chi connectivity index (χ2v) is 8.28. The molecule has 0 saturated carbocycles. The lowest BCUT2D eigenvalue weighted by Gasteiger charge is -2.21. The molecule has 3 unspecified atom stereocenters. The fourth-order valence-corrected chi connectivity index (χ4v) is 4.75. The van der Waals surface area contributed by atoms with Crippen LogP contribution < -0.4 is 25.6 Å². The molecule has 0 radical (unpaired) electrons. The SMILES string of the molecule is c1ccc(C2CCN(CCNCC3CNNC3c3ccc4c(c3)OCO4)C2)cc1. The summed E-state index contributed by atoms with van der Waals surface area (Å²) in [5.41, 5.74) is 9.48. The second kappa shape index (κ2) is 8.71. The lowest BCUT2D eigenvalue weighted by Crippen LogP contribution is -2.34. The summed E-state index contributed by atoms with van der Waals surface area (Å²) in [6.45, 7) is 6.81. The molecular formula is C23H30N4O2.